The lowest BCUT2D eigenvalue weighted by atomic mass is 9.82. The Labute approximate surface area is 177 Å². The first-order chi connectivity index (χ1) is 14.6. The topological polar surface area (TPSA) is 60.4 Å². The van der Waals surface area contributed by atoms with Gasteiger partial charge in [-0.05, 0) is 60.4 Å². The highest BCUT2D eigenvalue weighted by atomic mass is 16.5. The standard InChI is InChI=1S/C24H29NO5/c1-27-21-8-7-15(11-22(21)28-2)19-14-25-9-5-6-17(25)13-18(19)16-10-20(26)24(30-4)23(12-16)29-3/h7-8,10-13,17,19,26H,5-6,9,14H2,1-4H3/t17-,19+/m0/s1. The number of fused-ring (bicyclic) bond motifs is 1. The molecule has 2 aliphatic rings. The highest BCUT2D eigenvalue weighted by molar-refractivity contribution is 5.77. The third kappa shape index (κ3) is 3.56. The van der Waals surface area contributed by atoms with Crippen LogP contribution in [0.25, 0.3) is 5.57 Å². The summed E-state index contributed by atoms with van der Waals surface area (Å²) in [4.78, 5) is 2.53. The van der Waals surface area contributed by atoms with Crippen molar-refractivity contribution in [2.45, 2.75) is 24.8 Å². The average Bonchev–Trinajstić information content (AvgIpc) is 3.24. The van der Waals surface area contributed by atoms with Crippen LogP contribution < -0.4 is 18.9 Å². The molecule has 0 aromatic heterocycles. The molecule has 0 spiro atoms. The van der Waals surface area contributed by atoms with E-state index < -0.39 is 0 Å². The molecule has 0 saturated carbocycles. The van der Waals surface area contributed by atoms with Crippen LogP contribution in [0.5, 0.6) is 28.7 Å². The molecular weight excluding hydrogens is 382 g/mol. The molecule has 0 unspecified atom stereocenters. The maximum absolute atomic E-state index is 10.5. The Balaban J connectivity index is 1.82. The highest BCUT2D eigenvalue weighted by Gasteiger charge is 2.34. The summed E-state index contributed by atoms with van der Waals surface area (Å²) in [6.45, 7) is 2.02. The molecule has 2 aliphatic heterocycles. The Morgan fingerprint density at radius 3 is 2.37 bits per heavy atom. The van der Waals surface area contributed by atoms with Gasteiger partial charge in [0.15, 0.2) is 23.0 Å². The number of rotatable bonds is 6. The van der Waals surface area contributed by atoms with E-state index in [9.17, 15) is 5.11 Å². The number of ether oxygens (including phenoxy) is 4. The fourth-order valence-corrected chi connectivity index (χ4v) is 4.69. The van der Waals surface area contributed by atoms with Gasteiger partial charge in [-0.2, -0.15) is 0 Å². The molecule has 0 bridgehead atoms. The average molecular weight is 411 g/mol. The van der Waals surface area contributed by atoms with Gasteiger partial charge in [0.25, 0.3) is 0 Å². The molecule has 4 rings (SSSR count). The van der Waals surface area contributed by atoms with Crippen LogP contribution in [0.4, 0.5) is 0 Å². The van der Waals surface area contributed by atoms with Gasteiger partial charge in [-0.1, -0.05) is 12.1 Å². The van der Waals surface area contributed by atoms with Crippen LogP contribution >= 0.6 is 0 Å². The number of phenolic OH excluding ortho intramolecular Hbond substituents is 1. The lowest BCUT2D eigenvalue weighted by Crippen LogP contribution is -2.36. The van der Waals surface area contributed by atoms with Gasteiger partial charge in [-0.3, -0.25) is 4.90 Å². The van der Waals surface area contributed by atoms with E-state index in [2.05, 4.69) is 17.0 Å². The summed E-state index contributed by atoms with van der Waals surface area (Å²) in [6.07, 6.45) is 4.70. The Morgan fingerprint density at radius 2 is 1.67 bits per heavy atom. The van der Waals surface area contributed by atoms with Crippen molar-refractivity contribution in [3.8, 4) is 28.7 Å². The van der Waals surface area contributed by atoms with Crippen molar-refractivity contribution in [1.29, 1.82) is 0 Å². The summed E-state index contributed by atoms with van der Waals surface area (Å²) in [6, 6.07) is 10.2. The Bertz CT molecular complexity index is 955. The molecule has 2 heterocycles. The molecule has 6 heteroatoms. The molecule has 0 amide bonds. The highest BCUT2D eigenvalue weighted by Crippen LogP contribution is 2.46. The predicted molar refractivity (Wildman–Crippen MR) is 116 cm³/mol. The largest absolute Gasteiger partial charge is 0.504 e. The van der Waals surface area contributed by atoms with Crippen molar-refractivity contribution in [1.82, 2.24) is 4.90 Å². The van der Waals surface area contributed by atoms with Gasteiger partial charge in [-0.25, -0.2) is 0 Å². The van der Waals surface area contributed by atoms with Crippen LogP contribution in [0.15, 0.2) is 36.4 Å². The first-order valence-electron chi connectivity index (χ1n) is 10.2. The Kier molecular flexibility index (Phi) is 5.77. The summed E-state index contributed by atoms with van der Waals surface area (Å²) in [5, 5.41) is 10.5. The second-order valence-electron chi connectivity index (χ2n) is 7.72. The van der Waals surface area contributed by atoms with Crippen LogP contribution in [-0.4, -0.2) is 57.6 Å². The van der Waals surface area contributed by atoms with E-state index in [0.717, 1.165) is 30.6 Å². The molecule has 2 aromatic carbocycles. The first kappa shape index (κ1) is 20.4. The zero-order valence-corrected chi connectivity index (χ0v) is 18.0. The summed E-state index contributed by atoms with van der Waals surface area (Å²) >= 11 is 0. The van der Waals surface area contributed by atoms with Gasteiger partial charge < -0.3 is 24.1 Å². The number of hydrogen-bond donors (Lipinski definition) is 1. The van der Waals surface area contributed by atoms with Crippen molar-refractivity contribution in [2.75, 3.05) is 41.5 Å². The number of benzene rings is 2. The van der Waals surface area contributed by atoms with Crippen LogP contribution in [0.1, 0.15) is 29.9 Å². The number of hydrogen-bond acceptors (Lipinski definition) is 6. The summed E-state index contributed by atoms with van der Waals surface area (Å²) in [7, 11) is 6.41. The van der Waals surface area contributed by atoms with E-state index in [1.165, 1.54) is 19.1 Å². The molecule has 6 nitrogen and oxygen atoms in total. The Hall–Kier alpha value is -2.86. The smallest absolute Gasteiger partial charge is 0.203 e. The van der Waals surface area contributed by atoms with Crippen molar-refractivity contribution >= 4 is 5.57 Å². The third-order valence-electron chi connectivity index (χ3n) is 6.18. The van der Waals surface area contributed by atoms with Crippen molar-refractivity contribution in [2.24, 2.45) is 0 Å². The number of methoxy groups -OCH3 is 4. The molecule has 0 radical (unpaired) electrons. The lowest BCUT2D eigenvalue weighted by Gasteiger charge is -2.35. The fourth-order valence-electron chi connectivity index (χ4n) is 4.69. The van der Waals surface area contributed by atoms with Gasteiger partial charge in [0, 0.05) is 18.5 Å². The van der Waals surface area contributed by atoms with Crippen LogP contribution in [0, 0.1) is 0 Å². The SMILES string of the molecule is COc1ccc([C@H]2CN3CCC[C@H]3C=C2c2cc(O)c(OC)c(OC)c2)cc1OC. The van der Waals surface area contributed by atoms with Crippen LogP contribution in [0.3, 0.4) is 0 Å². The second-order valence-corrected chi connectivity index (χ2v) is 7.72. The molecule has 30 heavy (non-hydrogen) atoms. The molecular formula is C24H29NO5. The van der Waals surface area contributed by atoms with Gasteiger partial charge >= 0.3 is 0 Å². The summed E-state index contributed by atoms with van der Waals surface area (Å²) in [5.74, 6) is 2.51. The summed E-state index contributed by atoms with van der Waals surface area (Å²) in [5.41, 5.74) is 3.27. The summed E-state index contributed by atoms with van der Waals surface area (Å²) < 4.78 is 21.8. The van der Waals surface area contributed by atoms with Crippen molar-refractivity contribution in [3.63, 3.8) is 0 Å². The lowest BCUT2D eigenvalue weighted by molar-refractivity contribution is 0.273. The quantitative estimate of drug-likeness (QED) is 0.773. The maximum Gasteiger partial charge on any atom is 0.203 e. The van der Waals surface area contributed by atoms with Gasteiger partial charge in [0.2, 0.25) is 5.75 Å². The van der Waals surface area contributed by atoms with Crippen LogP contribution in [-0.2, 0) is 0 Å². The molecule has 1 N–H and O–H groups in total. The van der Waals surface area contributed by atoms with Crippen molar-refractivity contribution in [3.05, 3.63) is 47.5 Å². The van der Waals surface area contributed by atoms with E-state index in [-0.39, 0.29) is 11.7 Å². The minimum atomic E-state index is 0.0765. The van der Waals surface area contributed by atoms with E-state index >= 15 is 0 Å². The zero-order chi connectivity index (χ0) is 21.3. The predicted octanol–water partition coefficient (Wildman–Crippen LogP) is 4.07. The maximum atomic E-state index is 10.5. The number of nitrogens with zero attached hydrogens (tertiary/aromatic N) is 1. The molecule has 1 saturated heterocycles. The number of phenols is 1. The minimum Gasteiger partial charge on any atom is -0.504 e. The zero-order valence-electron chi connectivity index (χ0n) is 18.0. The van der Waals surface area contributed by atoms with E-state index in [4.69, 9.17) is 18.9 Å². The molecule has 2 atom stereocenters. The van der Waals surface area contributed by atoms with Crippen LogP contribution in [0.2, 0.25) is 0 Å². The van der Waals surface area contributed by atoms with Gasteiger partial charge in [-0.15, -0.1) is 0 Å². The fraction of sp³-hybridized carbons (Fsp3) is 0.417. The van der Waals surface area contributed by atoms with Gasteiger partial charge in [0.05, 0.1) is 28.4 Å². The second kappa shape index (κ2) is 8.48. The third-order valence-corrected chi connectivity index (χ3v) is 6.18. The minimum absolute atomic E-state index is 0.0765. The molecule has 2 aromatic rings. The van der Waals surface area contributed by atoms with E-state index in [0.29, 0.717) is 29.0 Å². The van der Waals surface area contributed by atoms with E-state index in [1.807, 2.05) is 18.2 Å². The monoisotopic (exact) mass is 411 g/mol. The number of aromatic hydroxyl groups is 1. The van der Waals surface area contributed by atoms with E-state index in [1.54, 1.807) is 27.4 Å². The van der Waals surface area contributed by atoms with Crippen molar-refractivity contribution < 1.29 is 24.1 Å². The Morgan fingerprint density at radius 1 is 0.900 bits per heavy atom. The first-order valence-corrected chi connectivity index (χ1v) is 10.2. The van der Waals surface area contributed by atoms with Gasteiger partial charge in [0.1, 0.15) is 0 Å². The molecule has 1 fully saturated rings. The molecule has 160 valence electrons. The normalized spacial score (nSPS) is 21.0. The molecule has 0 aliphatic carbocycles.